The van der Waals surface area contributed by atoms with Crippen LogP contribution in [0.5, 0.6) is 0 Å². The van der Waals surface area contributed by atoms with E-state index in [4.69, 9.17) is 0 Å². The molecule has 4 aromatic rings. The van der Waals surface area contributed by atoms with Crippen LogP contribution < -0.4 is 0 Å². The van der Waals surface area contributed by atoms with Gasteiger partial charge in [0, 0.05) is 22.5 Å². The Morgan fingerprint density at radius 3 is 2.43 bits per heavy atom. The molecule has 0 saturated heterocycles. The number of rotatable bonds is 4. The van der Waals surface area contributed by atoms with E-state index in [2.05, 4.69) is 23.6 Å². The summed E-state index contributed by atoms with van der Waals surface area (Å²) in [6, 6.07) is 25.9. The Hall–Kier alpha value is -3.44. The molecule has 0 fully saturated rings. The highest BCUT2D eigenvalue weighted by Gasteiger charge is 2.36. The van der Waals surface area contributed by atoms with Gasteiger partial charge in [0.05, 0.1) is 6.04 Å². The molecule has 0 N–H and O–H groups in total. The van der Waals surface area contributed by atoms with Crippen LogP contribution in [0, 0.1) is 0 Å². The van der Waals surface area contributed by atoms with Crippen LogP contribution in [0.3, 0.4) is 0 Å². The first-order chi connectivity index (χ1) is 16.8. The third-order valence-corrected chi connectivity index (χ3v) is 7.77. The maximum atomic E-state index is 13.9. The van der Waals surface area contributed by atoms with Crippen LogP contribution in [0.1, 0.15) is 53.2 Å². The summed E-state index contributed by atoms with van der Waals surface area (Å²) in [5.74, 6) is -0.147. The van der Waals surface area contributed by atoms with Gasteiger partial charge in [-0.15, -0.1) is 11.3 Å². The normalized spacial score (nSPS) is 15.6. The number of fused-ring (bicyclic) bond motifs is 2. The van der Waals surface area contributed by atoms with Gasteiger partial charge in [-0.25, -0.2) is 0 Å². The maximum Gasteiger partial charge on any atom is 0.255 e. The van der Waals surface area contributed by atoms with Crippen LogP contribution >= 0.6 is 11.3 Å². The minimum atomic E-state index is -0.519. The van der Waals surface area contributed by atoms with Gasteiger partial charge in [0.1, 0.15) is 6.54 Å². The molecular formula is C30H30N2O2S. The van der Waals surface area contributed by atoms with Crippen LogP contribution in [0.2, 0.25) is 0 Å². The second-order valence-electron chi connectivity index (χ2n) is 10.0. The smallest absolute Gasteiger partial charge is 0.255 e. The average Bonchev–Trinajstić information content (AvgIpc) is 3.34. The first-order valence-electron chi connectivity index (χ1n) is 12.0. The van der Waals surface area contributed by atoms with Crippen LogP contribution in [0.4, 0.5) is 0 Å². The molecule has 3 aromatic carbocycles. The second-order valence-corrected chi connectivity index (χ2v) is 11.0. The zero-order valence-corrected chi connectivity index (χ0v) is 21.2. The van der Waals surface area contributed by atoms with Crippen molar-refractivity contribution in [1.82, 2.24) is 9.80 Å². The van der Waals surface area contributed by atoms with Gasteiger partial charge < -0.3 is 9.80 Å². The van der Waals surface area contributed by atoms with E-state index in [1.165, 1.54) is 10.4 Å². The Labute approximate surface area is 210 Å². The molecule has 0 unspecified atom stereocenters. The summed E-state index contributed by atoms with van der Waals surface area (Å²) in [7, 11) is 0. The van der Waals surface area contributed by atoms with Gasteiger partial charge in [-0.05, 0) is 66.6 Å². The molecule has 1 aliphatic heterocycles. The first-order valence-corrected chi connectivity index (χ1v) is 12.9. The molecule has 0 spiro atoms. The van der Waals surface area contributed by atoms with Crippen molar-refractivity contribution >= 4 is 33.9 Å². The molecule has 1 aromatic heterocycles. The highest BCUT2D eigenvalue weighted by atomic mass is 32.1. The number of nitrogens with zero attached hydrogens (tertiary/aromatic N) is 2. The summed E-state index contributed by atoms with van der Waals surface area (Å²) < 4.78 is 0. The fraction of sp³-hybridized carbons (Fsp3) is 0.267. The molecule has 0 radical (unpaired) electrons. The van der Waals surface area contributed by atoms with E-state index < -0.39 is 5.54 Å². The molecule has 35 heavy (non-hydrogen) atoms. The predicted octanol–water partition coefficient (Wildman–Crippen LogP) is 6.32. The Balaban J connectivity index is 1.49. The van der Waals surface area contributed by atoms with Gasteiger partial charge in [0.2, 0.25) is 5.91 Å². The van der Waals surface area contributed by atoms with Gasteiger partial charge in [0.15, 0.2) is 0 Å². The molecule has 4 nitrogen and oxygen atoms in total. The fourth-order valence-electron chi connectivity index (χ4n) is 4.98. The summed E-state index contributed by atoms with van der Waals surface area (Å²) in [5, 5.41) is 4.04. The number of hydrogen-bond acceptors (Lipinski definition) is 3. The lowest BCUT2D eigenvalue weighted by atomic mass is 9.93. The van der Waals surface area contributed by atoms with E-state index in [0.29, 0.717) is 12.1 Å². The van der Waals surface area contributed by atoms with E-state index in [1.807, 2.05) is 86.3 Å². The Bertz CT molecular complexity index is 1360. The maximum absolute atomic E-state index is 13.9. The second kappa shape index (κ2) is 9.31. The van der Waals surface area contributed by atoms with Gasteiger partial charge in [-0.1, -0.05) is 66.7 Å². The van der Waals surface area contributed by atoms with E-state index in [1.54, 1.807) is 16.2 Å². The standard InChI is InChI=1S/C30H30N2O2S/c1-30(2,3)32(29(34)24-15-9-13-21-10-7-8-14-23(21)24)20-27(33)31-18-16-26-25(17-19-35-26)28(31)22-11-5-4-6-12-22/h4-15,17,19,28H,16,18,20H2,1-3H3/t28-/m1/s1. The van der Waals surface area contributed by atoms with E-state index >= 15 is 0 Å². The van der Waals surface area contributed by atoms with Crippen LogP contribution in [0.15, 0.2) is 84.2 Å². The van der Waals surface area contributed by atoms with Crippen LogP contribution in [-0.2, 0) is 11.2 Å². The lowest BCUT2D eigenvalue weighted by molar-refractivity contribution is -0.135. The third kappa shape index (κ3) is 4.48. The molecule has 5 rings (SSSR count). The molecule has 2 amide bonds. The monoisotopic (exact) mass is 482 g/mol. The summed E-state index contributed by atoms with van der Waals surface area (Å²) in [6.45, 7) is 6.65. The number of hydrogen-bond donors (Lipinski definition) is 0. The Kier molecular flexibility index (Phi) is 6.20. The summed E-state index contributed by atoms with van der Waals surface area (Å²) in [5.41, 5.74) is 2.41. The van der Waals surface area contributed by atoms with E-state index in [9.17, 15) is 9.59 Å². The SMILES string of the molecule is CC(C)(C)N(CC(=O)N1CCc2sccc2[C@H]1c1ccccc1)C(=O)c1cccc2ccccc12. The highest BCUT2D eigenvalue weighted by Crippen LogP contribution is 2.38. The fourth-order valence-corrected chi connectivity index (χ4v) is 5.88. The summed E-state index contributed by atoms with van der Waals surface area (Å²) in [4.78, 5) is 32.8. The minimum absolute atomic E-state index is 0.0285. The van der Waals surface area contributed by atoms with E-state index in [-0.39, 0.29) is 24.4 Å². The molecule has 0 aliphatic carbocycles. The van der Waals surface area contributed by atoms with Gasteiger partial charge >= 0.3 is 0 Å². The van der Waals surface area contributed by atoms with Crippen molar-refractivity contribution in [3.63, 3.8) is 0 Å². The highest BCUT2D eigenvalue weighted by molar-refractivity contribution is 7.10. The first kappa shape index (κ1) is 23.3. The molecule has 2 heterocycles. The number of amides is 2. The Morgan fingerprint density at radius 1 is 0.943 bits per heavy atom. The summed E-state index contributed by atoms with van der Waals surface area (Å²) in [6.07, 6.45) is 0.842. The molecule has 0 bridgehead atoms. The molecule has 1 atom stereocenters. The average molecular weight is 483 g/mol. The van der Waals surface area contributed by atoms with Crippen molar-refractivity contribution in [2.45, 2.75) is 38.8 Å². The van der Waals surface area contributed by atoms with Crippen molar-refractivity contribution in [1.29, 1.82) is 0 Å². The number of thiophene rings is 1. The van der Waals surface area contributed by atoms with Crippen LogP contribution in [0.25, 0.3) is 10.8 Å². The molecule has 0 saturated carbocycles. The number of benzene rings is 3. The van der Waals surface area contributed by atoms with Gasteiger partial charge in [-0.2, -0.15) is 0 Å². The lowest BCUT2D eigenvalue weighted by Crippen LogP contribution is -2.52. The zero-order valence-electron chi connectivity index (χ0n) is 20.4. The molecule has 1 aliphatic rings. The van der Waals surface area contributed by atoms with Crippen molar-refractivity contribution < 1.29 is 9.59 Å². The third-order valence-electron chi connectivity index (χ3n) is 6.77. The quantitative estimate of drug-likeness (QED) is 0.342. The van der Waals surface area contributed by atoms with Crippen molar-refractivity contribution in [2.24, 2.45) is 0 Å². The zero-order chi connectivity index (χ0) is 24.6. The Morgan fingerprint density at radius 2 is 1.66 bits per heavy atom. The predicted molar refractivity (Wildman–Crippen MR) is 143 cm³/mol. The topological polar surface area (TPSA) is 40.6 Å². The van der Waals surface area contributed by atoms with Crippen molar-refractivity contribution in [2.75, 3.05) is 13.1 Å². The molecule has 5 heteroatoms. The molecule has 178 valence electrons. The van der Waals surface area contributed by atoms with Crippen molar-refractivity contribution in [3.05, 3.63) is 106 Å². The molecular weight excluding hydrogens is 452 g/mol. The van der Waals surface area contributed by atoms with E-state index in [0.717, 1.165) is 22.8 Å². The number of carbonyl (C=O) groups is 2. The number of carbonyl (C=O) groups excluding carboxylic acids is 2. The van der Waals surface area contributed by atoms with Crippen LogP contribution in [-0.4, -0.2) is 40.2 Å². The minimum Gasteiger partial charge on any atom is -0.330 e. The lowest BCUT2D eigenvalue weighted by Gasteiger charge is -2.40. The van der Waals surface area contributed by atoms with Gasteiger partial charge in [0.25, 0.3) is 5.91 Å². The largest absolute Gasteiger partial charge is 0.330 e. The summed E-state index contributed by atoms with van der Waals surface area (Å²) >= 11 is 1.76. The van der Waals surface area contributed by atoms with Crippen molar-refractivity contribution in [3.8, 4) is 0 Å². The van der Waals surface area contributed by atoms with Gasteiger partial charge in [-0.3, -0.25) is 9.59 Å².